The summed E-state index contributed by atoms with van der Waals surface area (Å²) in [6.07, 6.45) is 0.451. The zero-order valence-corrected chi connectivity index (χ0v) is 15.6. The highest BCUT2D eigenvalue weighted by Gasteiger charge is 2.23. The Hall–Kier alpha value is -3.27. The molecule has 0 saturated heterocycles. The molecular formula is C20H23N3O4. The smallest absolute Gasteiger partial charge is 0.287 e. The number of ether oxygens (including phenoxy) is 1. The van der Waals surface area contributed by atoms with Crippen molar-refractivity contribution in [1.82, 2.24) is 10.6 Å². The lowest BCUT2D eigenvalue weighted by Gasteiger charge is -2.18. The van der Waals surface area contributed by atoms with Crippen LogP contribution in [0.2, 0.25) is 0 Å². The number of benzene rings is 1. The molecule has 0 radical (unpaired) electrons. The summed E-state index contributed by atoms with van der Waals surface area (Å²) < 4.78 is 10.8. The van der Waals surface area contributed by atoms with Gasteiger partial charge in [-0.1, -0.05) is 26.0 Å². The fraction of sp³-hybridized carbons (Fsp3) is 0.350. The van der Waals surface area contributed by atoms with Crippen molar-refractivity contribution in [2.45, 2.75) is 26.3 Å². The van der Waals surface area contributed by atoms with Gasteiger partial charge in [-0.3, -0.25) is 9.59 Å². The predicted octanol–water partition coefficient (Wildman–Crippen LogP) is 2.74. The van der Waals surface area contributed by atoms with Gasteiger partial charge in [-0.05, 0) is 36.6 Å². The van der Waals surface area contributed by atoms with Gasteiger partial charge in [-0.25, -0.2) is 0 Å². The van der Waals surface area contributed by atoms with Crippen molar-refractivity contribution in [1.29, 1.82) is 5.26 Å². The third kappa shape index (κ3) is 5.61. The van der Waals surface area contributed by atoms with Gasteiger partial charge in [0.15, 0.2) is 5.76 Å². The SMILES string of the molecule is COc1cccc(-c2ccc(C(=O)N[C@@H](CC(C)C)C(=O)NCC#N)o2)c1. The Morgan fingerprint density at radius 2 is 2.04 bits per heavy atom. The van der Waals surface area contributed by atoms with Gasteiger partial charge in [0.25, 0.3) is 5.91 Å². The van der Waals surface area contributed by atoms with Crippen molar-refractivity contribution >= 4 is 11.8 Å². The van der Waals surface area contributed by atoms with Crippen LogP contribution in [0.25, 0.3) is 11.3 Å². The molecule has 0 bridgehead atoms. The molecule has 1 aromatic carbocycles. The second kappa shape index (κ2) is 9.43. The van der Waals surface area contributed by atoms with E-state index >= 15 is 0 Å². The molecule has 1 aromatic heterocycles. The van der Waals surface area contributed by atoms with Gasteiger partial charge in [0.2, 0.25) is 5.91 Å². The van der Waals surface area contributed by atoms with E-state index in [2.05, 4.69) is 10.6 Å². The lowest BCUT2D eigenvalue weighted by molar-refractivity contribution is -0.123. The Morgan fingerprint density at radius 1 is 1.26 bits per heavy atom. The number of nitrogens with one attached hydrogen (secondary N) is 2. The maximum atomic E-state index is 12.5. The Bertz CT molecular complexity index is 836. The number of rotatable bonds is 8. The number of methoxy groups -OCH3 is 1. The second-order valence-electron chi connectivity index (χ2n) is 6.43. The van der Waals surface area contributed by atoms with Crippen molar-refractivity contribution < 1.29 is 18.7 Å². The first kappa shape index (κ1) is 20.0. The molecule has 27 heavy (non-hydrogen) atoms. The Balaban J connectivity index is 2.12. The molecule has 142 valence electrons. The van der Waals surface area contributed by atoms with Crippen LogP contribution in [0.15, 0.2) is 40.8 Å². The molecule has 2 rings (SSSR count). The molecule has 0 aliphatic rings. The Morgan fingerprint density at radius 3 is 2.70 bits per heavy atom. The molecule has 0 unspecified atom stereocenters. The lowest BCUT2D eigenvalue weighted by atomic mass is 10.0. The molecule has 0 saturated carbocycles. The largest absolute Gasteiger partial charge is 0.497 e. The third-order valence-corrected chi connectivity index (χ3v) is 3.85. The molecule has 1 heterocycles. The van der Waals surface area contributed by atoms with Crippen LogP contribution in [0.4, 0.5) is 0 Å². The minimum Gasteiger partial charge on any atom is -0.497 e. The molecule has 1 atom stereocenters. The topological polar surface area (TPSA) is 104 Å². The highest BCUT2D eigenvalue weighted by molar-refractivity contribution is 5.96. The van der Waals surface area contributed by atoms with Gasteiger partial charge in [-0.2, -0.15) is 5.26 Å². The minimum atomic E-state index is -0.740. The van der Waals surface area contributed by atoms with Crippen LogP contribution in [0.1, 0.15) is 30.8 Å². The van der Waals surface area contributed by atoms with Crippen molar-refractivity contribution in [3.05, 3.63) is 42.2 Å². The number of hydrogen-bond donors (Lipinski definition) is 2. The summed E-state index contributed by atoms with van der Waals surface area (Å²) in [7, 11) is 1.58. The second-order valence-corrected chi connectivity index (χ2v) is 6.43. The van der Waals surface area contributed by atoms with Crippen LogP contribution in [0, 0.1) is 17.2 Å². The standard InChI is InChI=1S/C20H23N3O4/c1-13(2)11-16(19(24)22-10-9-21)23-20(25)18-8-7-17(27-18)14-5-4-6-15(12-14)26-3/h4-8,12-13,16H,10-11H2,1-3H3,(H,22,24)(H,23,25)/t16-/m0/s1. The summed E-state index contributed by atoms with van der Waals surface area (Å²) in [5.74, 6) is 0.622. The quantitative estimate of drug-likeness (QED) is 0.696. The third-order valence-electron chi connectivity index (χ3n) is 3.85. The first-order valence-electron chi connectivity index (χ1n) is 8.64. The van der Waals surface area contributed by atoms with Gasteiger partial charge in [-0.15, -0.1) is 0 Å². The zero-order valence-electron chi connectivity index (χ0n) is 15.6. The van der Waals surface area contributed by atoms with E-state index in [1.807, 2.05) is 38.1 Å². The fourth-order valence-corrected chi connectivity index (χ4v) is 2.57. The first-order chi connectivity index (χ1) is 12.9. The molecule has 2 amide bonds. The number of carbonyl (C=O) groups excluding carboxylic acids is 2. The van der Waals surface area contributed by atoms with E-state index in [4.69, 9.17) is 14.4 Å². The van der Waals surface area contributed by atoms with Crippen molar-refractivity contribution in [2.24, 2.45) is 5.92 Å². The number of hydrogen-bond acceptors (Lipinski definition) is 5. The molecule has 0 fully saturated rings. The molecule has 7 nitrogen and oxygen atoms in total. The molecule has 0 aliphatic carbocycles. The summed E-state index contributed by atoms with van der Waals surface area (Å²) in [6.45, 7) is 3.79. The van der Waals surface area contributed by atoms with Crippen molar-refractivity contribution in [3.8, 4) is 23.1 Å². The van der Waals surface area contributed by atoms with E-state index < -0.39 is 17.9 Å². The number of nitriles is 1. The van der Waals surface area contributed by atoms with E-state index in [0.29, 0.717) is 17.9 Å². The van der Waals surface area contributed by atoms with Gasteiger partial charge < -0.3 is 19.8 Å². The summed E-state index contributed by atoms with van der Waals surface area (Å²) in [4.78, 5) is 24.7. The lowest BCUT2D eigenvalue weighted by Crippen LogP contribution is -2.47. The van der Waals surface area contributed by atoms with Crippen LogP contribution in [-0.4, -0.2) is 31.5 Å². The van der Waals surface area contributed by atoms with E-state index in [9.17, 15) is 9.59 Å². The average molecular weight is 369 g/mol. The van der Waals surface area contributed by atoms with Crippen LogP contribution >= 0.6 is 0 Å². The predicted molar refractivity (Wildman–Crippen MR) is 100 cm³/mol. The Labute approximate surface area is 158 Å². The number of nitrogens with zero attached hydrogens (tertiary/aromatic N) is 1. The van der Waals surface area contributed by atoms with Crippen molar-refractivity contribution in [3.63, 3.8) is 0 Å². The molecule has 2 N–H and O–H groups in total. The van der Waals surface area contributed by atoms with Crippen LogP contribution < -0.4 is 15.4 Å². The van der Waals surface area contributed by atoms with Gasteiger partial charge in [0, 0.05) is 5.56 Å². The van der Waals surface area contributed by atoms with Crippen LogP contribution in [0.3, 0.4) is 0 Å². The summed E-state index contributed by atoms with van der Waals surface area (Å²) in [5, 5.41) is 13.8. The maximum absolute atomic E-state index is 12.5. The summed E-state index contributed by atoms with van der Waals surface area (Å²) >= 11 is 0. The normalized spacial score (nSPS) is 11.5. The van der Waals surface area contributed by atoms with Gasteiger partial charge in [0.05, 0.1) is 13.2 Å². The monoisotopic (exact) mass is 369 g/mol. The first-order valence-corrected chi connectivity index (χ1v) is 8.64. The highest BCUT2D eigenvalue weighted by atomic mass is 16.5. The van der Waals surface area contributed by atoms with Crippen LogP contribution in [-0.2, 0) is 4.79 Å². The van der Waals surface area contributed by atoms with Crippen LogP contribution in [0.5, 0.6) is 5.75 Å². The number of carbonyl (C=O) groups is 2. The minimum absolute atomic E-state index is 0.106. The fourth-order valence-electron chi connectivity index (χ4n) is 2.57. The summed E-state index contributed by atoms with van der Waals surface area (Å²) in [6, 6.07) is 11.7. The molecule has 7 heteroatoms. The van der Waals surface area contributed by atoms with Crippen molar-refractivity contribution in [2.75, 3.05) is 13.7 Å². The Kier molecular flexibility index (Phi) is 7.00. The van der Waals surface area contributed by atoms with Gasteiger partial charge >= 0.3 is 0 Å². The van der Waals surface area contributed by atoms with E-state index in [-0.39, 0.29) is 18.2 Å². The summed E-state index contributed by atoms with van der Waals surface area (Å²) in [5.41, 5.74) is 0.777. The number of furan rings is 1. The zero-order chi connectivity index (χ0) is 19.8. The molecule has 0 spiro atoms. The number of amides is 2. The molecule has 0 aliphatic heterocycles. The van der Waals surface area contributed by atoms with E-state index in [1.165, 1.54) is 0 Å². The molecular weight excluding hydrogens is 346 g/mol. The maximum Gasteiger partial charge on any atom is 0.287 e. The van der Waals surface area contributed by atoms with E-state index in [1.54, 1.807) is 25.3 Å². The molecule has 2 aromatic rings. The van der Waals surface area contributed by atoms with Gasteiger partial charge in [0.1, 0.15) is 24.1 Å². The highest BCUT2D eigenvalue weighted by Crippen LogP contribution is 2.25. The average Bonchev–Trinajstić information content (AvgIpc) is 3.15. The van der Waals surface area contributed by atoms with E-state index in [0.717, 1.165) is 5.56 Å².